The zero-order chi connectivity index (χ0) is 12.3. The number of halogens is 1. The van der Waals surface area contributed by atoms with Crippen LogP contribution in [0.3, 0.4) is 0 Å². The Labute approximate surface area is 112 Å². The van der Waals surface area contributed by atoms with Gasteiger partial charge in [-0.25, -0.2) is 0 Å². The molecule has 0 saturated heterocycles. The van der Waals surface area contributed by atoms with Crippen LogP contribution in [0.2, 0.25) is 0 Å². The van der Waals surface area contributed by atoms with Crippen molar-refractivity contribution < 1.29 is 4.74 Å². The summed E-state index contributed by atoms with van der Waals surface area (Å²) >= 11 is 0. The second-order valence-corrected chi connectivity index (χ2v) is 3.98. The van der Waals surface area contributed by atoms with E-state index in [1.807, 2.05) is 48.9 Å². The van der Waals surface area contributed by atoms with Crippen molar-refractivity contribution in [2.24, 2.45) is 7.05 Å². The fraction of sp³-hybridized carbons (Fsp3) is 0.214. The van der Waals surface area contributed by atoms with Crippen LogP contribution in [0.25, 0.3) is 0 Å². The number of rotatable bonds is 3. The maximum Gasteiger partial charge on any atom is 0.223 e. The minimum atomic E-state index is -0.0727. The molecule has 1 aromatic heterocycles. The van der Waals surface area contributed by atoms with E-state index in [0.717, 1.165) is 11.3 Å². The van der Waals surface area contributed by atoms with Crippen molar-refractivity contribution in [2.75, 3.05) is 0 Å². The summed E-state index contributed by atoms with van der Waals surface area (Å²) in [4.78, 5) is 11.7. The molecule has 0 fully saturated rings. The Morgan fingerprint density at radius 3 is 2.50 bits per heavy atom. The van der Waals surface area contributed by atoms with Gasteiger partial charge in [0.2, 0.25) is 5.43 Å². The summed E-state index contributed by atoms with van der Waals surface area (Å²) in [6.07, 6.45) is 1.74. The SMILES string of the molecule is Cc1c(OCc2ccccc2)c(=O)ccn1C.Cl. The molecule has 0 N–H and O–H groups in total. The van der Waals surface area contributed by atoms with Crippen LogP contribution < -0.4 is 10.2 Å². The van der Waals surface area contributed by atoms with Crippen LogP contribution in [-0.4, -0.2) is 4.57 Å². The third-order valence-corrected chi connectivity index (χ3v) is 2.76. The number of hydrogen-bond donors (Lipinski definition) is 0. The van der Waals surface area contributed by atoms with Crippen LogP contribution in [-0.2, 0) is 13.7 Å². The highest BCUT2D eigenvalue weighted by molar-refractivity contribution is 5.85. The van der Waals surface area contributed by atoms with E-state index < -0.39 is 0 Å². The third kappa shape index (κ3) is 3.14. The fourth-order valence-electron chi connectivity index (χ4n) is 1.61. The lowest BCUT2D eigenvalue weighted by Crippen LogP contribution is -2.13. The van der Waals surface area contributed by atoms with E-state index in [2.05, 4.69) is 0 Å². The normalized spacial score (nSPS) is 9.67. The lowest BCUT2D eigenvalue weighted by Gasteiger charge is -2.11. The van der Waals surface area contributed by atoms with Gasteiger partial charge < -0.3 is 9.30 Å². The van der Waals surface area contributed by atoms with Crippen molar-refractivity contribution in [1.29, 1.82) is 0 Å². The van der Waals surface area contributed by atoms with Gasteiger partial charge in [0.25, 0.3) is 0 Å². The molecule has 3 nitrogen and oxygen atoms in total. The summed E-state index contributed by atoms with van der Waals surface area (Å²) in [7, 11) is 1.89. The number of hydrogen-bond acceptors (Lipinski definition) is 2. The molecule has 0 aliphatic heterocycles. The van der Waals surface area contributed by atoms with Gasteiger partial charge in [0.15, 0.2) is 5.75 Å². The summed E-state index contributed by atoms with van der Waals surface area (Å²) in [5.74, 6) is 0.429. The summed E-state index contributed by atoms with van der Waals surface area (Å²) in [5.41, 5.74) is 1.82. The molecule has 2 rings (SSSR count). The topological polar surface area (TPSA) is 31.2 Å². The van der Waals surface area contributed by atoms with E-state index in [1.165, 1.54) is 6.07 Å². The van der Waals surface area contributed by atoms with E-state index in [-0.39, 0.29) is 17.8 Å². The molecular formula is C14H16ClNO2. The minimum absolute atomic E-state index is 0. The third-order valence-electron chi connectivity index (χ3n) is 2.76. The molecule has 0 aliphatic carbocycles. The fourth-order valence-corrected chi connectivity index (χ4v) is 1.61. The molecule has 2 aromatic rings. The van der Waals surface area contributed by atoms with Gasteiger partial charge >= 0.3 is 0 Å². The van der Waals surface area contributed by atoms with E-state index in [1.54, 1.807) is 6.20 Å². The Morgan fingerprint density at radius 1 is 1.17 bits per heavy atom. The second-order valence-electron chi connectivity index (χ2n) is 3.98. The van der Waals surface area contributed by atoms with Crippen LogP contribution >= 0.6 is 12.4 Å². The molecule has 0 radical (unpaired) electrons. The van der Waals surface area contributed by atoms with Gasteiger partial charge in [0.1, 0.15) is 6.61 Å². The highest BCUT2D eigenvalue weighted by Crippen LogP contribution is 2.12. The predicted molar refractivity (Wildman–Crippen MR) is 74.4 cm³/mol. The average Bonchev–Trinajstić information content (AvgIpc) is 2.35. The maximum absolute atomic E-state index is 11.7. The van der Waals surface area contributed by atoms with Crippen LogP contribution in [0, 0.1) is 6.92 Å². The number of pyridine rings is 1. The van der Waals surface area contributed by atoms with Gasteiger partial charge in [-0.2, -0.15) is 0 Å². The molecule has 4 heteroatoms. The van der Waals surface area contributed by atoms with Gasteiger partial charge in [-0.1, -0.05) is 30.3 Å². The largest absolute Gasteiger partial charge is 0.483 e. The Bertz CT molecular complexity index is 564. The summed E-state index contributed by atoms with van der Waals surface area (Å²) in [5, 5.41) is 0. The predicted octanol–water partition coefficient (Wildman–Crippen LogP) is 2.69. The molecular weight excluding hydrogens is 250 g/mol. The average molecular weight is 266 g/mol. The first-order valence-electron chi connectivity index (χ1n) is 5.51. The Kier molecular flexibility index (Phi) is 4.98. The van der Waals surface area contributed by atoms with Gasteiger partial charge in [-0.3, -0.25) is 4.79 Å². The lowest BCUT2D eigenvalue weighted by atomic mass is 10.2. The van der Waals surface area contributed by atoms with Gasteiger partial charge in [-0.15, -0.1) is 12.4 Å². The van der Waals surface area contributed by atoms with Crippen LogP contribution in [0.15, 0.2) is 47.4 Å². The Balaban J connectivity index is 0.00000162. The molecule has 0 saturated carbocycles. The standard InChI is InChI=1S/C14H15NO2.ClH/c1-11-14(13(16)8-9-15(11)2)17-10-12-6-4-3-5-7-12;/h3-9H,10H2,1-2H3;1H. The smallest absolute Gasteiger partial charge is 0.223 e. The quantitative estimate of drug-likeness (QED) is 0.854. The monoisotopic (exact) mass is 265 g/mol. The highest BCUT2D eigenvalue weighted by atomic mass is 35.5. The van der Waals surface area contributed by atoms with E-state index in [9.17, 15) is 4.79 Å². The first-order valence-corrected chi connectivity index (χ1v) is 5.51. The molecule has 0 atom stereocenters. The van der Waals surface area contributed by atoms with Gasteiger partial charge in [0.05, 0.1) is 5.69 Å². The number of benzene rings is 1. The molecule has 0 bridgehead atoms. The minimum Gasteiger partial charge on any atom is -0.483 e. The Hall–Kier alpha value is -1.74. The zero-order valence-electron chi connectivity index (χ0n) is 10.4. The molecule has 18 heavy (non-hydrogen) atoms. The van der Waals surface area contributed by atoms with Crippen molar-refractivity contribution in [1.82, 2.24) is 4.57 Å². The van der Waals surface area contributed by atoms with Gasteiger partial charge in [0, 0.05) is 19.3 Å². The van der Waals surface area contributed by atoms with Crippen molar-refractivity contribution in [3.05, 3.63) is 64.1 Å². The van der Waals surface area contributed by atoms with E-state index in [0.29, 0.717) is 12.4 Å². The number of ether oxygens (including phenoxy) is 1. The first kappa shape index (κ1) is 14.3. The van der Waals surface area contributed by atoms with Crippen LogP contribution in [0.4, 0.5) is 0 Å². The van der Waals surface area contributed by atoms with Gasteiger partial charge in [-0.05, 0) is 12.5 Å². The summed E-state index contributed by atoms with van der Waals surface area (Å²) < 4.78 is 7.48. The number of nitrogens with zero attached hydrogens (tertiary/aromatic N) is 1. The lowest BCUT2D eigenvalue weighted by molar-refractivity contribution is 0.298. The van der Waals surface area contributed by atoms with Crippen LogP contribution in [0.5, 0.6) is 5.75 Å². The molecule has 96 valence electrons. The molecule has 0 unspecified atom stereocenters. The van der Waals surface area contributed by atoms with Crippen molar-refractivity contribution >= 4 is 12.4 Å². The van der Waals surface area contributed by atoms with Crippen LogP contribution in [0.1, 0.15) is 11.3 Å². The number of aryl methyl sites for hydroxylation is 1. The first-order chi connectivity index (χ1) is 8.18. The van der Waals surface area contributed by atoms with E-state index in [4.69, 9.17) is 4.74 Å². The Morgan fingerprint density at radius 2 is 1.83 bits per heavy atom. The van der Waals surface area contributed by atoms with Crippen molar-refractivity contribution in [2.45, 2.75) is 13.5 Å². The number of aromatic nitrogens is 1. The summed E-state index contributed by atoms with van der Waals surface area (Å²) in [6.45, 7) is 2.29. The molecule has 0 spiro atoms. The molecule has 1 aromatic carbocycles. The molecule has 0 amide bonds. The van der Waals surface area contributed by atoms with Crippen molar-refractivity contribution in [3.63, 3.8) is 0 Å². The molecule has 1 heterocycles. The highest BCUT2D eigenvalue weighted by Gasteiger charge is 2.06. The maximum atomic E-state index is 11.7. The van der Waals surface area contributed by atoms with Crippen molar-refractivity contribution in [3.8, 4) is 5.75 Å². The summed E-state index contributed by atoms with van der Waals surface area (Å²) in [6, 6.07) is 11.3. The zero-order valence-corrected chi connectivity index (χ0v) is 11.2. The molecule has 0 aliphatic rings. The second kappa shape index (κ2) is 6.26. The van der Waals surface area contributed by atoms with E-state index >= 15 is 0 Å².